The number of hydrogen-bond acceptors (Lipinski definition) is 3. The van der Waals surface area contributed by atoms with E-state index in [0.29, 0.717) is 12.3 Å². The Morgan fingerprint density at radius 3 is 2.40 bits per heavy atom. The first-order valence-electron chi connectivity index (χ1n) is 13.8. The van der Waals surface area contributed by atoms with E-state index in [2.05, 4.69) is 47.3 Å². The maximum Gasteiger partial charge on any atom is 0.328 e. The standard InChI is InChI=1S/C33H31F2N3O2/c1-3-37-19-26(18-36-37)24-9-12-28-25(17-24)14-20(2)38(27-10-7-23(8-11-27)22-5-6-22)33(28)32-29(34)15-21(16-30(32)35)4-13-31(39)40/h4,7-13,15-20,22,33H,3,5-6,14H2,1-2H3,(H,39,40)/b13-4+/t20-,33+/m0/s1. The first-order valence-corrected chi connectivity index (χ1v) is 13.8. The fraction of sp³-hybridized carbons (Fsp3) is 0.273. The van der Waals surface area contributed by atoms with Gasteiger partial charge >= 0.3 is 5.97 Å². The smallest absolute Gasteiger partial charge is 0.328 e. The van der Waals surface area contributed by atoms with Gasteiger partial charge in [-0.15, -0.1) is 0 Å². The molecule has 7 heteroatoms. The van der Waals surface area contributed by atoms with Crippen molar-refractivity contribution in [2.45, 2.75) is 57.7 Å². The second-order valence-electron chi connectivity index (χ2n) is 10.8. The number of hydrogen-bond donors (Lipinski definition) is 1. The average Bonchev–Trinajstić information content (AvgIpc) is 3.67. The van der Waals surface area contributed by atoms with Gasteiger partial charge < -0.3 is 10.0 Å². The summed E-state index contributed by atoms with van der Waals surface area (Å²) in [6.45, 7) is 4.90. The van der Waals surface area contributed by atoms with Crippen molar-refractivity contribution in [3.63, 3.8) is 0 Å². The van der Waals surface area contributed by atoms with E-state index in [4.69, 9.17) is 5.11 Å². The van der Waals surface area contributed by atoms with Gasteiger partial charge in [0, 0.05) is 36.1 Å². The van der Waals surface area contributed by atoms with Crippen LogP contribution in [0.5, 0.6) is 0 Å². The quantitative estimate of drug-likeness (QED) is 0.249. The Morgan fingerprint density at radius 2 is 1.77 bits per heavy atom. The number of aliphatic carboxylic acids is 1. The van der Waals surface area contributed by atoms with Crippen LogP contribution in [0.3, 0.4) is 0 Å². The molecule has 0 radical (unpaired) electrons. The molecule has 1 aliphatic carbocycles. The highest BCUT2D eigenvalue weighted by Crippen LogP contribution is 2.45. The molecule has 1 aromatic heterocycles. The number of carboxylic acids is 1. The van der Waals surface area contributed by atoms with Gasteiger partial charge in [0.25, 0.3) is 0 Å². The molecule has 2 atom stereocenters. The zero-order chi connectivity index (χ0) is 28.0. The van der Waals surface area contributed by atoms with Crippen molar-refractivity contribution in [3.8, 4) is 11.1 Å². The van der Waals surface area contributed by atoms with E-state index in [1.807, 2.05) is 36.1 Å². The number of rotatable bonds is 7. The van der Waals surface area contributed by atoms with Crippen molar-refractivity contribution in [3.05, 3.63) is 113 Å². The molecule has 0 amide bonds. The van der Waals surface area contributed by atoms with Gasteiger partial charge in [0.05, 0.1) is 17.8 Å². The highest BCUT2D eigenvalue weighted by molar-refractivity contribution is 5.85. The van der Waals surface area contributed by atoms with Gasteiger partial charge in [-0.25, -0.2) is 13.6 Å². The number of carbonyl (C=O) groups is 1. The molecule has 1 fully saturated rings. The van der Waals surface area contributed by atoms with E-state index in [1.54, 1.807) is 0 Å². The topological polar surface area (TPSA) is 58.4 Å². The van der Waals surface area contributed by atoms with Crippen LogP contribution in [0.4, 0.5) is 14.5 Å². The largest absolute Gasteiger partial charge is 0.478 e. The predicted molar refractivity (Wildman–Crippen MR) is 152 cm³/mol. The molecule has 5 nitrogen and oxygen atoms in total. The van der Waals surface area contributed by atoms with Crippen molar-refractivity contribution in [1.29, 1.82) is 0 Å². The third-order valence-corrected chi connectivity index (χ3v) is 8.03. The molecule has 3 aromatic carbocycles. The molecule has 0 saturated heterocycles. The molecule has 4 aromatic rings. The molecular weight excluding hydrogens is 508 g/mol. The summed E-state index contributed by atoms with van der Waals surface area (Å²) in [5.41, 5.74) is 6.23. The van der Waals surface area contributed by atoms with E-state index < -0.39 is 23.6 Å². The van der Waals surface area contributed by atoms with Crippen molar-refractivity contribution in [1.82, 2.24) is 9.78 Å². The maximum atomic E-state index is 15.8. The summed E-state index contributed by atoms with van der Waals surface area (Å²) >= 11 is 0. The lowest BCUT2D eigenvalue weighted by molar-refractivity contribution is -0.131. The van der Waals surface area contributed by atoms with Crippen LogP contribution in [0.25, 0.3) is 17.2 Å². The van der Waals surface area contributed by atoms with Crippen LogP contribution >= 0.6 is 0 Å². The van der Waals surface area contributed by atoms with Gasteiger partial charge in [0.2, 0.25) is 0 Å². The van der Waals surface area contributed by atoms with Crippen LogP contribution in [-0.2, 0) is 17.8 Å². The number of anilines is 1. The summed E-state index contributed by atoms with van der Waals surface area (Å²) < 4.78 is 33.5. The van der Waals surface area contributed by atoms with Gasteiger partial charge in [0.15, 0.2) is 0 Å². The van der Waals surface area contributed by atoms with E-state index in [1.165, 1.54) is 36.6 Å². The van der Waals surface area contributed by atoms with E-state index >= 15 is 8.78 Å². The SMILES string of the molecule is CCn1cc(-c2ccc3c(c2)C[C@H](C)N(c2ccc(C4CC4)cc2)[C@H]3c2c(F)cc(/C=C/C(=O)O)cc2F)cn1. The molecular formula is C33H31F2N3O2. The summed E-state index contributed by atoms with van der Waals surface area (Å²) in [5.74, 6) is -1.98. The number of halogens is 2. The third kappa shape index (κ3) is 4.92. The first-order chi connectivity index (χ1) is 19.3. The molecule has 2 aliphatic rings. The van der Waals surface area contributed by atoms with Crippen LogP contribution in [-0.4, -0.2) is 26.9 Å². The molecule has 1 N–H and O–H groups in total. The summed E-state index contributed by atoms with van der Waals surface area (Å²) in [6.07, 6.45) is 9.04. The Kier molecular flexibility index (Phi) is 6.74. The highest BCUT2D eigenvalue weighted by Gasteiger charge is 2.37. The van der Waals surface area contributed by atoms with Crippen molar-refractivity contribution >= 4 is 17.7 Å². The van der Waals surface area contributed by atoms with Gasteiger partial charge in [0.1, 0.15) is 11.6 Å². The summed E-state index contributed by atoms with van der Waals surface area (Å²) in [4.78, 5) is 13.1. The number of nitrogens with zero attached hydrogens (tertiary/aromatic N) is 3. The summed E-state index contributed by atoms with van der Waals surface area (Å²) in [5, 5.41) is 13.4. The highest BCUT2D eigenvalue weighted by atomic mass is 19.1. The van der Waals surface area contributed by atoms with Crippen LogP contribution in [0.15, 0.2) is 73.1 Å². The average molecular weight is 540 g/mol. The van der Waals surface area contributed by atoms with Crippen LogP contribution in [0, 0.1) is 11.6 Å². The Morgan fingerprint density at radius 1 is 1.05 bits per heavy atom. The minimum atomic E-state index is -1.18. The number of aromatic nitrogens is 2. The molecule has 40 heavy (non-hydrogen) atoms. The number of aryl methyl sites for hydroxylation is 1. The van der Waals surface area contributed by atoms with Crippen molar-refractivity contribution < 1.29 is 18.7 Å². The van der Waals surface area contributed by atoms with Gasteiger partial charge in [-0.3, -0.25) is 4.68 Å². The number of carboxylic acid groups (broad SMARTS) is 1. The molecule has 1 saturated carbocycles. The Bertz CT molecular complexity index is 1580. The second kappa shape index (κ2) is 10.4. The normalized spacial score (nSPS) is 18.8. The molecule has 0 unspecified atom stereocenters. The molecule has 2 heterocycles. The molecule has 0 spiro atoms. The Hall–Kier alpha value is -4.26. The van der Waals surface area contributed by atoms with Gasteiger partial charge in [-0.2, -0.15) is 5.10 Å². The maximum absolute atomic E-state index is 15.8. The van der Waals surface area contributed by atoms with E-state index in [9.17, 15) is 4.79 Å². The number of benzene rings is 3. The minimum absolute atomic E-state index is 0.0386. The lowest BCUT2D eigenvalue weighted by atomic mass is 9.82. The van der Waals surface area contributed by atoms with Gasteiger partial charge in [-0.05, 0) is 97.2 Å². The number of fused-ring (bicyclic) bond motifs is 1. The predicted octanol–water partition coefficient (Wildman–Crippen LogP) is 7.36. The Labute approximate surface area is 232 Å². The molecule has 6 rings (SSSR count). The van der Waals surface area contributed by atoms with E-state index in [0.717, 1.165) is 40.6 Å². The van der Waals surface area contributed by atoms with Crippen molar-refractivity contribution in [2.24, 2.45) is 0 Å². The van der Waals surface area contributed by atoms with Crippen LogP contribution in [0.1, 0.15) is 66.5 Å². The fourth-order valence-corrected chi connectivity index (χ4v) is 5.90. The zero-order valence-electron chi connectivity index (χ0n) is 22.5. The molecule has 0 bridgehead atoms. The van der Waals surface area contributed by atoms with E-state index in [-0.39, 0.29) is 17.2 Å². The summed E-state index contributed by atoms with van der Waals surface area (Å²) in [6, 6.07) is 16.2. The second-order valence-corrected chi connectivity index (χ2v) is 10.8. The van der Waals surface area contributed by atoms with Crippen LogP contribution in [0.2, 0.25) is 0 Å². The lowest BCUT2D eigenvalue weighted by Crippen LogP contribution is -2.43. The fourth-order valence-electron chi connectivity index (χ4n) is 5.90. The zero-order valence-corrected chi connectivity index (χ0v) is 22.5. The summed E-state index contributed by atoms with van der Waals surface area (Å²) in [7, 11) is 0. The third-order valence-electron chi connectivity index (χ3n) is 8.03. The Balaban J connectivity index is 1.48. The first kappa shape index (κ1) is 26.0. The van der Waals surface area contributed by atoms with Crippen molar-refractivity contribution in [2.75, 3.05) is 4.90 Å². The van der Waals surface area contributed by atoms with Gasteiger partial charge in [-0.1, -0.05) is 30.3 Å². The monoisotopic (exact) mass is 539 g/mol. The van der Waals surface area contributed by atoms with Crippen LogP contribution < -0.4 is 4.90 Å². The minimum Gasteiger partial charge on any atom is -0.478 e. The lowest BCUT2D eigenvalue weighted by Gasteiger charge is -2.44. The molecule has 204 valence electrons. The molecule has 1 aliphatic heterocycles.